The topological polar surface area (TPSA) is 67.3 Å². The Bertz CT molecular complexity index is 1320. The second-order valence-electron chi connectivity index (χ2n) is 6.71. The van der Waals surface area contributed by atoms with Crippen molar-refractivity contribution in [2.24, 2.45) is 0 Å². The van der Waals surface area contributed by atoms with Crippen LogP contribution in [0.2, 0.25) is 0 Å². The highest BCUT2D eigenvalue weighted by Gasteiger charge is 2.23. The zero-order valence-electron chi connectivity index (χ0n) is 16.5. The highest BCUT2D eigenvalue weighted by molar-refractivity contribution is 6.01. The molecule has 0 fully saturated rings. The molecule has 0 N–H and O–H groups in total. The van der Waals surface area contributed by atoms with Crippen molar-refractivity contribution in [1.82, 2.24) is 0 Å². The maximum absolute atomic E-state index is 11.7. The second-order valence-corrected chi connectivity index (χ2v) is 6.71. The van der Waals surface area contributed by atoms with Crippen LogP contribution in [-0.4, -0.2) is 27.0 Å². The van der Waals surface area contributed by atoms with Gasteiger partial charge in [0.25, 0.3) is 0 Å². The van der Waals surface area contributed by atoms with Crippen LogP contribution in [0.5, 0.6) is 28.7 Å². The number of esters is 1. The van der Waals surface area contributed by atoms with Gasteiger partial charge in [0, 0.05) is 24.4 Å². The van der Waals surface area contributed by atoms with Gasteiger partial charge in [0.05, 0.1) is 25.0 Å². The monoisotopic (exact) mass is 427 g/mol. The molecular weight excluding hydrogens is 410 g/mol. The van der Waals surface area contributed by atoms with Crippen LogP contribution in [0.4, 0.5) is 0 Å². The zero-order chi connectivity index (χ0) is 20.1. The first-order valence-electron chi connectivity index (χ1n) is 9.03. The van der Waals surface area contributed by atoms with Crippen molar-refractivity contribution in [3.05, 3.63) is 42.7 Å². The molecule has 2 aromatic heterocycles. The van der Waals surface area contributed by atoms with Crippen molar-refractivity contribution < 1.29 is 45.3 Å². The predicted molar refractivity (Wildman–Crippen MR) is 105 cm³/mol. The Morgan fingerprint density at radius 1 is 0.967 bits per heavy atom. The quantitative estimate of drug-likeness (QED) is 0.155. The Morgan fingerprint density at radius 3 is 2.43 bits per heavy atom. The van der Waals surface area contributed by atoms with Gasteiger partial charge in [-0.1, -0.05) is 0 Å². The molecule has 0 aliphatic carbocycles. The van der Waals surface area contributed by atoms with E-state index >= 15 is 0 Å². The lowest BCUT2D eigenvalue weighted by molar-refractivity contribution is -0.509. The largest absolute Gasteiger partial charge is 1.00 e. The fraction of sp³-hybridized carbons (Fsp3) is 0.182. The van der Waals surface area contributed by atoms with Gasteiger partial charge in [0.2, 0.25) is 18.1 Å². The van der Waals surface area contributed by atoms with Crippen molar-refractivity contribution in [2.75, 3.05) is 21.0 Å². The number of hydrogen-bond acceptors (Lipinski definition) is 6. The van der Waals surface area contributed by atoms with Gasteiger partial charge in [-0.15, -0.1) is 0 Å². The number of carbonyl (C=O) groups excluding carboxylic acids is 1. The number of fused-ring (bicyclic) bond motifs is 5. The molecule has 0 bridgehead atoms. The van der Waals surface area contributed by atoms with E-state index in [4.69, 9.17) is 23.7 Å². The van der Waals surface area contributed by atoms with Crippen LogP contribution < -0.4 is 40.5 Å². The minimum Gasteiger partial charge on any atom is -1.00 e. The number of nitrogens with zero attached hydrogens (tertiary/aromatic N) is 1. The van der Waals surface area contributed by atoms with Gasteiger partial charge in [0.1, 0.15) is 0 Å². The van der Waals surface area contributed by atoms with Crippen LogP contribution in [-0.2, 0) is 4.79 Å². The minimum absolute atomic E-state index is 0. The third-order valence-corrected chi connectivity index (χ3v) is 5.02. The molecule has 30 heavy (non-hydrogen) atoms. The highest BCUT2D eigenvalue weighted by Crippen LogP contribution is 2.44. The number of aromatic nitrogens is 1. The highest BCUT2D eigenvalue weighted by atomic mass is 35.5. The van der Waals surface area contributed by atoms with Crippen molar-refractivity contribution in [3.8, 4) is 28.7 Å². The number of rotatable bonds is 3. The van der Waals surface area contributed by atoms with Crippen LogP contribution in [0.25, 0.3) is 27.1 Å². The molecule has 3 heterocycles. The van der Waals surface area contributed by atoms with Crippen LogP contribution >= 0.6 is 0 Å². The van der Waals surface area contributed by atoms with Gasteiger partial charge in [-0.2, -0.15) is 4.40 Å². The number of ether oxygens (including phenoxy) is 5. The number of carbonyl (C=O) groups is 1. The normalized spacial score (nSPS) is 12.1. The average Bonchev–Trinajstić information content (AvgIpc) is 3.17. The summed E-state index contributed by atoms with van der Waals surface area (Å²) in [5.74, 6) is 2.21. The summed E-state index contributed by atoms with van der Waals surface area (Å²) in [5.41, 5.74) is 0.967. The predicted octanol–water partition coefficient (Wildman–Crippen LogP) is 0.407. The molecule has 0 saturated heterocycles. The summed E-state index contributed by atoms with van der Waals surface area (Å²) in [5, 5.41) is 3.64. The molecule has 7 nitrogen and oxygen atoms in total. The summed E-state index contributed by atoms with van der Waals surface area (Å²) in [6, 6.07) is 9.84. The van der Waals surface area contributed by atoms with Gasteiger partial charge >= 0.3 is 5.97 Å². The van der Waals surface area contributed by atoms with E-state index < -0.39 is 5.97 Å². The summed E-state index contributed by atoms with van der Waals surface area (Å²) >= 11 is 0. The van der Waals surface area contributed by atoms with E-state index in [1.807, 2.05) is 47.1 Å². The third-order valence-electron chi connectivity index (χ3n) is 5.02. The average molecular weight is 428 g/mol. The Morgan fingerprint density at radius 2 is 1.73 bits per heavy atom. The standard InChI is InChI=1S/C22H18NO6.ClH/c1-12(24)29-21-16-10-23-5-4-13-7-18-19(28-11-27-18)9-15(13)17(23)6-14(16)8-20(25-2)22(21)26-3;/h4-10H,11H2,1-3H3;1H/q+1;/p-1. The van der Waals surface area contributed by atoms with Crippen molar-refractivity contribution >= 4 is 33.0 Å². The zero-order valence-corrected chi connectivity index (χ0v) is 17.3. The third kappa shape index (κ3) is 2.98. The molecule has 2 aromatic carbocycles. The van der Waals surface area contributed by atoms with Crippen LogP contribution in [0, 0.1) is 0 Å². The van der Waals surface area contributed by atoms with E-state index in [2.05, 4.69) is 0 Å². The first-order valence-corrected chi connectivity index (χ1v) is 9.03. The maximum Gasteiger partial charge on any atom is 0.308 e. The van der Waals surface area contributed by atoms with Crippen LogP contribution in [0.1, 0.15) is 6.92 Å². The van der Waals surface area contributed by atoms with Gasteiger partial charge in [-0.05, 0) is 23.6 Å². The summed E-state index contributed by atoms with van der Waals surface area (Å²) in [4.78, 5) is 11.7. The molecule has 154 valence electrons. The molecule has 0 radical (unpaired) electrons. The number of halogens is 1. The maximum atomic E-state index is 11.7. The van der Waals surface area contributed by atoms with Gasteiger partial charge in [-0.3, -0.25) is 4.79 Å². The summed E-state index contributed by atoms with van der Waals surface area (Å²) in [7, 11) is 3.06. The van der Waals surface area contributed by atoms with E-state index in [1.54, 1.807) is 7.11 Å². The molecule has 0 amide bonds. The van der Waals surface area contributed by atoms with Gasteiger partial charge < -0.3 is 36.1 Å². The molecule has 0 atom stereocenters. The molecule has 4 aromatic rings. The van der Waals surface area contributed by atoms with E-state index in [9.17, 15) is 4.79 Å². The molecule has 0 spiro atoms. The molecule has 0 unspecified atom stereocenters. The fourth-order valence-corrected chi connectivity index (χ4v) is 3.74. The van der Waals surface area contributed by atoms with E-state index in [0.717, 1.165) is 38.6 Å². The molecule has 8 heteroatoms. The smallest absolute Gasteiger partial charge is 0.308 e. The first-order chi connectivity index (χ1) is 14.1. The number of benzene rings is 2. The van der Waals surface area contributed by atoms with Crippen LogP contribution in [0.15, 0.2) is 42.7 Å². The molecular formula is C22H18ClNO6. The lowest BCUT2D eigenvalue weighted by Gasteiger charge is -2.14. The minimum atomic E-state index is -0.436. The summed E-state index contributed by atoms with van der Waals surface area (Å²) < 4.78 is 29.4. The number of pyridine rings is 2. The molecule has 1 aliphatic heterocycles. The fourth-order valence-electron chi connectivity index (χ4n) is 3.74. The van der Waals surface area contributed by atoms with Crippen molar-refractivity contribution in [2.45, 2.75) is 6.92 Å². The Balaban J connectivity index is 0.00000218. The van der Waals surface area contributed by atoms with E-state index in [0.29, 0.717) is 17.2 Å². The van der Waals surface area contributed by atoms with E-state index in [1.165, 1.54) is 14.0 Å². The van der Waals surface area contributed by atoms with Crippen molar-refractivity contribution in [1.29, 1.82) is 0 Å². The van der Waals surface area contributed by atoms with Gasteiger partial charge in [-0.25, -0.2) is 0 Å². The summed E-state index contributed by atoms with van der Waals surface area (Å²) in [6.45, 7) is 1.58. The summed E-state index contributed by atoms with van der Waals surface area (Å²) in [6.07, 6.45) is 3.86. The number of hydrogen-bond donors (Lipinski definition) is 0. The van der Waals surface area contributed by atoms with Crippen molar-refractivity contribution in [3.63, 3.8) is 0 Å². The molecule has 1 aliphatic rings. The van der Waals surface area contributed by atoms with E-state index in [-0.39, 0.29) is 19.2 Å². The van der Waals surface area contributed by atoms with Crippen LogP contribution in [0.3, 0.4) is 0 Å². The lowest BCUT2D eigenvalue weighted by atomic mass is 10.1. The Labute approximate surface area is 178 Å². The molecule has 0 saturated carbocycles. The SMILES string of the molecule is COc1cc2cc3c4cc5c(cc4cc[n+]3cc2c(OC(C)=O)c1OC)OCO5.[Cl-]. The molecule has 5 rings (SSSR count). The lowest BCUT2D eigenvalue weighted by Crippen LogP contribution is -3.00. The Hall–Kier alpha value is -3.45. The van der Waals surface area contributed by atoms with Gasteiger partial charge in [0.15, 0.2) is 35.4 Å². The Kier molecular flexibility index (Phi) is 4.91. The number of methoxy groups -OCH3 is 2. The second kappa shape index (κ2) is 7.42. The first kappa shape index (κ1) is 19.8.